The summed E-state index contributed by atoms with van der Waals surface area (Å²) in [5.74, 6) is -0.0490. The molecular formula is C24H22N2O7S. The Bertz CT molecular complexity index is 1270. The predicted octanol–water partition coefficient (Wildman–Crippen LogP) is 4.48. The molecule has 0 spiro atoms. The van der Waals surface area contributed by atoms with Gasteiger partial charge < -0.3 is 29.6 Å². The van der Waals surface area contributed by atoms with Crippen LogP contribution < -0.4 is 24.8 Å². The Morgan fingerprint density at radius 2 is 1.79 bits per heavy atom. The van der Waals surface area contributed by atoms with Gasteiger partial charge >= 0.3 is 5.97 Å². The van der Waals surface area contributed by atoms with Crippen molar-refractivity contribution in [1.29, 1.82) is 0 Å². The first kappa shape index (κ1) is 23.1. The smallest absolute Gasteiger partial charge is 0.341 e. The molecule has 0 bridgehead atoms. The summed E-state index contributed by atoms with van der Waals surface area (Å²) in [6.45, 7) is 3.55. The number of nitrogens with one attached hydrogen (secondary N) is 2. The monoisotopic (exact) mass is 482 g/mol. The van der Waals surface area contributed by atoms with Crippen LogP contribution in [0.25, 0.3) is 0 Å². The molecule has 1 aliphatic rings. The molecule has 34 heavy (non-hydrogen) atoms. The molecule has 0 atom stereocenters. The topological polar surface area (TPSA) is 112 Å². The van der Waals surface area contributed by atoms with Gasteiger partial charge in [0, 0.05) is 5.56 Å². The highest BCUT2D eigenvalue weighted by atomic mass is 32.1. The molecule has 2 amide bonds. The average molecular weight is 483 g/mol. The van der Waals surface area contributed by atoms with E-state index in [0.717, 1.165) is 11.3 Å². The summed E-state index contributed by atoms with van der Waals surface area (Å²) < 4.78 is 21.1. The number of carbonyl (C=O) groups is 3. The fourth-order valence-corrected chi connectivity index (χ4v) is 4.49. The van der Waals surface area contributed by atoms with Gasteiger partial charge in [0.2, 0.25) is 6.79 Å². The molecule has 1 aromatic heterocycles. The Balaban J connectivity index is 1.65. The molecular weight excluding hydrogens is 460 g/mol. The normalized spacial score (nSPS) is 11.6. The van der Waals surface area contributed by atoms with Crippen molar-refractivity contribution >= 4 is 39.8 Å². The second kappa shape index (κ2) is 9.84. The van der Waals surface area contributed by atoms with Crippen LogP contribution in [0.1, 0.15) is 42.9 Å². The lowest BCUT2D eigenvalue weighted by Gasteiger charge is -2.09. The minimum Gasteiger partial charge on any atom is -0.495 e. The van der Waals surface area contributed by atoms with E-state index in [1.807, 2.05) is 0 Å². The summed E-state index contributed by atoms with van der Waals surface area (Å²) in [6, 6.07) is 11.7. The number of esters is 1. The molecule has 0 radical (unpaired) electrons. The summed E-state index contributed by atoms with van der Waals surface area (Å²) in [5, 5.41) is 5.74. The molecule has 0 unspecified atom stereocenters. The van der Waals surface area contributed by atoms with E-state index in [1.54, 1.807) is 56.3 Å². The molecule has 176 valence electrons. The van der Waals surface area contributed by atoms with Gasteiger partial charge in [-0.15, -0.1) is 11.3 Å². The van der Waals surface area contributed by atoms with Crippen molar-refractivity contribution in [2.45, 2.75) is 13.8 Å². The number of carbonyl (C=O) groups excluding carboxylic acids is 3. The Hall–Kier alpha value is -4.05. The molecule has 0 saturated carbocycles. The quantitative estimate of drug-likeness (QED) is 0.478. The number of fused-ring (bicyclic) bond motifs is 1. The van der Waals surface area contributed by atoms with Gasteiger partial charge in [0.25, 0.3) is 11.8 Å². The van der Waals surface area contributed by atoms with Crippen molar-refractivity contribution in [3.63, 3.8) is 0 Å². The lowest BCUT2D eigenvalue weighted by Crippen LogP contribution is -2.15. The van der Waals surface area contributed by atoms with Crippen LogP contribution in [0, 0.1) is 6.92 Å². The second-order valence-corrected chi connectivity index (χ2v) is 8.18. The number of para-hydroxylation sites is 2. The van der Waals surface area contributed by atoms with E-state index in [-0.39, 0.29) is 28.8 Å². The fraction of sp³-hybridized carbons (Fsp3) is 0.208. The minimum atomic E-state index is -0.631. The van der Waals surface area contributed by atoms with Crippen molar-refractivity contribution in [3.05, 3.63) is 64.0 Å². The first-order valence-electron chi connectivity index (χ1n) is 10.4. The number of ether oxygens (including phenoxy) is 4. The average Bonchev–Trinajstić information content (AvgIpc) is 3.43. The molecule has 0 aliphatic carbocycles. The van der Waals surface area contributed by atoms with Crippen LogP contribution in [0.4, 0.5) is 10.7 Å². The molecule has 0 fully saturated rings. The van der Waals surface area contributed by atoms with Gasteiger partial charge in [0.1, 0.15) is 10.8 Å². The predicted molar refractivity (Wildman–Crippen MR) is 126 cm³/mol. The van der Waals surface area contributed by atoms with Gasteiger partial charge in [0.15, 0.2) is 11.5 Å². The zero-order valence-corrected chi connectivity index (χ0v) is 19.5. The summed E-state index contributed by atoms with van der Waals surface area (Å²) >= 11 is 0.988. The number of rotatable bonds is 7. The van der Waals surface area contributed by atoms with E-state index in [1.165, 1.54) is 7.11 Å². The molecule has 0 saturated heterocycles. The minimum absolute atomic E-state index is 0.0855. The zero-order chi connectivity index (χ0) is 24.2. The Kier molecular flexibility index (Phi) is 6.69. The van der Waals surface area contributed by atoms with Gasteiger partial charge in [-0.2, -0.15) is 0 Å². The zero-order valence-electron chi connectivity index (χ0n) is 18.7. The van der Waals surface area contributed by atoms with Crippen molar-refractivity contribution in [1.82, 2.24) is 0 Å². The number of methoxy groups -OCH3 is 1. The highest BCUT2D eigenvalue weighted by Gasteiger charge is 2.27. The highest BCUT2D eigenvalue weighted by Crippen LogP contribution is 2.36. The molecule has 10 heteroatoms. The molecule has 2 aromatic carbocycles. The van der Waals surface area contributed by atoms with Crippen LogP contribution in [0.15, 0.2) is 42.5 Å². The molecule has 1 aliphatic heterocycles. The lowest BCUT2D eigenvalue weighted by molar-refractivity contribution is 0.0527. The maximum atomic E-state index is 13.1. The van der Waals surface area contributed by atoms with Crippen molar-refractivity contribution in [2.75, 3.05) is 31.1 Å². The Labute approximate surface area is 199 Å². The van der Waals surface area contributed by atoms with Crippen molar-refractivity contribution in [3.8, 4) is 17.2 Å². The number of hydrogen-bond donors (Lipinski definition) is 2. The van der Waals surface area contributed by atoms with Crippen LogP contribution in [0.2, 0.25) is 0 Å². The Morgan fingerprint density at radius 3 is 2.56 bits per heavy atom. The van der Waals surface area contributed by atoms with Gasteiger partial charge in [-0.25, -0.2) is 4.79 Å². The van der Waals surface area contributed by atoms with Crippen LogP contribution in [-0.4, -0.2) is 38.3 Å². The molecule has 3 aromatic rings. The van der Waals surface area contributed by atoms with Gasteiger partial charge in [0.05, 0.1) is 29.8 Å². The maximum absolute atomic E-state index is 13.1. The third kappa shape index (κ3) is 4.53. The van der Waals surface area contributed by atoms with E-state index in [4.69, 9.17) is 18.9 Å². The molecule has 4 rings (SSSR count). The maximum Gasteiger partial charge on any atom is 0.341 e. The Morgan fingerprint density at radius 1 is 1.03 bits per heavy atom. The first-order valence-corrected chi connectivity index (χ1v) is 11.2. The lowest BCUT2D eigenvalue weighted by atomic mass is 10.1. The number of benzene rings is 2. The summed E-state index contributed by atoms with van der Waals surface area (Å²) in [4.78, 5) is 39.0. The third-order valence-electron chi connectivity index (χ3n) is 5.05. The van der Waals surface area contributed by atoms with Crippen LogP contribution in [0.3, 0.4) is 0 Å². The van der Waals surface area contributed by atoms with E-state index in [0.29, 0.717) is 34.1 Å². The van der Waals surface area contributed by atoms with Gasteiger partial charge in [-0.1, -0.05) is 12.1 Å². The van der Waals surface area contributed by atoms with Gasteiger partial charge in [-0.3, -0.25) is 9.59 Å². The molecule has 2 N–H and O–H groups in total. The van der Waals surface area contributed by atoms with Crippen molar-refractivity contribution < 1.29 is 33.3 Å². The molecule has 9 nitrogen and oxygen atoms in total. The summed E-state index contributed by atoms with van der Waals surface area (Å²) in [5.41, 5.74) is 1.32. The largest absolute Gasteiger partial charge is 0.495 e. The number of amides is 2. The summed E-state index contributed by atoms with van der Waals surface area (Å²) in [6.07, 6.45) is 0. The van der Waals surface area contributed by atoms with Gasteiger partial charge in [-0.05, 0) is 49.7 Å². The highest BCUT2D eigenvalue weighted by molar-refractivity contribution is 7.19. The SMILES string of the molecule is CCOC(=O)c1c(NC(=O)c2ccc3c(c2)OCO3)sc(C(=O)Nc2ccccc2OC)c1C. The van der Waals surface area contributed by atoms with Crippen molar-refractivity contribution in [2.24, 2.45) is 0 Å². The van der Waals surface area contributed by atoms with E-state index in [9.17, 15) is 14.4 Å². The number of anilines is 2. The van der Waals surface area contributed by atoms with E-state index < -0.39 is 17.8 Å². The standard InChI is InChI=1S/C24H22N2O7S/c1-4-31-24(29)19-13(2)20(22(28)25-15-7-5-6-8-16(15)30-3)34-23(19)26-21(27)14-9-10-17-18(11-14)33-12-32-17/h5-11H,4,12H2,1-3H3,(H,25,28)(H,26,27). The third-order valence-corrected chi connectivity index (χ3v) is 6.26. The van der Waals surface area contributed by atoms with Crippen LogP contribution in [-0.2, 0) is 4.74 Å². The summed E-state index contributed by atoms with van der Waals surface area (Å²) in [7, 11) is 1.50. The number of hydrogen-bond acceptors (Lipinski definition) is 8. The van der Waals surface area contributed by atoms with E-state index >= 15 is 0 Å². The van der Waals surface area contributed by atoms with E-state index in [2.05, 4.69) is 10.6 Å². The molecule has 2 heterocycles. The van der Waals surface area contributed by atoms with Crippen LogP contribution in [0.5, 0.6) is 17.2 Å². The fourth-order valence-electron chi connectivity index (χ4n) is 3.41. The first-order chi connectivity index (χ1) is 16.4. The van der Waals surface area contributed by atoms with Crippen LogP contribution >= 0.6 is 11.3 Å². The number of thiophene rings is 1. The second-order valence-electron chi connectivity index (χ2n) is 7.16.